The molecular formula is C9H10N2O3. The van der Waals surface area contributed by atoms with Crippen molar-refractivity contribution in [1.29, 1.82) is 0 Å². The van der Waals surface area contributed by atoms with E-state index in [4.69, 9.17) is 9.84 Å². The number of hydrogen-bond donors (Lipinski definition) is 1. The highest BCUT2D eigenvalue weighted by atomic mass is 16.6. The maximum absolute atomic E-state index is 11.3. The molecule has 1 saturated heterocycles. The second-order valence-electron chi connectivity index (χ2n) is 3.01. The summed E-state index contributed by atoms with van der Waals surface area (Å²) < 4.78 is 4.89. The topological polar surface area (TPSA) is 62.7 Å². The van der Waals surface area contributed by atoms with Crippen LogP contribution in [-0.2, 0) is 4.74 Å². The molecule has 0 spiro atoms. The van der Waals surface area contributed by atoms with Gasteiger partial charge in [0.2, 0.25) is 0 Å². The van der Waals surface area contributed by atoms with Gasteiger partial charge in [0.25, 0.3) is 0 Å². The van der Waals surface area contributed by atoms with Gasteiger partial charge in [0.15, 0.2) is 0 Å². The van der Waals surface area contributed by atoms with E-state index in [9.17, 15) is 4.79 Å². The van der Waals surface area contributed by atoms with E-state index >= 15 is 0 Å². The Balaban J connectivity index is 2.17. The fourth-order valence-electron chi connectivity index (χ4n) is 1.34. The van der Waals surface area contributed by atoms with Gasteiger partial charge in [-0.15, -0.1) is 0 Å². The molecule has 14 heavy (non-hydrogen) atoms. The standard InChI is InChI=1S/C9H10N2O3/c12-6-8-5-11(9(13)14-8)7-2-1-3-10-4-7/h1-4,8,12H,5-6H2/t8-/m1/s1. The molecule has 1 N–H and O–H groups in total. The van der Waals surface area contributed by atoms with Crippen LogP contribution in [0.15, 0.2) is 24.5 Å². The van der Waals surface area contributed by atoms with Crippen LogP contribution in [0.3, 0.4) is 0 Å². The van der Waals surface area contributed by atoms with Crippen molar-refractivity contribution in [2.45, 2.75) is 6.10 Å². The van der Waals surface area contributed by atoms with Crippen LogP contribution in [0.2, 0.25) is 0 Å². The third-order valence-corrected chi connectivity index (χ3v) is 2.04. The largest absolute Gasteiger partial charge is 0.441 e. The van der Waals surface area contributed by atoms with Crippen LogP contribution >= 0.6 is 0 Å². The maximum Gasteiger partial charge on any atom is 0.414 e. The summed E-state index contributed by atoms with van der Waals surface area (Å²) in [6.45, 7) is 0.226. The predicted molar refractivity (Wildman–Crippen MR) is 48.9 cm³/mol. The second kappa shape index (κ2) is 3.63. The molecule has 0 bridgehead atoms. The highest BCUT2D eigenvalue weighted by molar-refractivity contribution is 5.89. The lowest BCUT2D eigenvalue weighted by molar-refractivity contribution is 0.0963. The zero-order valence-corrected chi connectivity index (χ0v) is 7.46. The number of nitrogens with zero attached hydrogens (tertiary/aromatic N) is 2. The van der Waals surface area contributed by atoms with Crippen LogP contribution < -0.4 is 4.90 Å². The predicted octanol–water partition coefficient (Wildman–Crippen LogP) is 0.399. The molecule has 1 atom stereocenters. The van der Waals surface area contributed by atoms with Gasteiger partial charge in [0.05, 0.1) is 25.0 Å². The van der Waals surface area contributed by atoms with E-state index < -0.39 is 12.2 Å². The zero-order valence-electron chi connectivity index (χ0n) is 7.46. The first-order chi connectivity index (χ1) is 6.81. The van der Waals surface area contributed by atoms with Crippen molar-refractivity contribution >= 4 is 11.8 Å². The molecule has 0 saturated carbocycles. The lowest BCUT2D eigenvalue weighted by atomic mass is 10.3. The Kier molecular flexibility index (Phi) is 2.32. The van der Waals surface area contributed by atoms with Crippen molar-refractivity contribution in [1.82, 2.24) is 4.98 Å². The Labute approximate surface area is 80.9 Å². The Morgan fingerprint density at radius 2 is 2.57 bits per heavy atom. The monoisotopic (exact) mass is 194 g/mol. The van der Waals surface area contributed by atoms with Crippen molar-refractivity contribution in [3.8, 4) is 0 Å². The van der Waals surface area contributed by atoms with Gasteiger partial charge in [-0.25, -0.2) is 4.79 Å². The molecule has 2 heterocycles. The quantitative estimate of drug-likeness (QED) is 0.740. The first-order valence-electron chi connectivity index (χ1n) is 4.30. The first kappa shape index (κ1) is 8.96. The number of aliphatic hydroxyl groups excluding tert-OH is 1. The number of amides is 1. The minimum absolute atomic E-state index is 0.150. The van der Waals surface area contributed by atoms with Crippen molar-refractivity contribution in [2.75, 3.05) is 18.1 Å². The van der Waals surface area contributed by atoms with E-state index in [1.165, 1.54) is 4.90 Å². The third kappa shape index (κ3) is 1.54. The lowest BCUT2D eigenvalue weighted by Gasteiger charge is -2.11. The zero-order chi connectivity index (χ0) is 9.97. The number of rotatable bonds is 2. The van der Waals surface area contributed by atoms with E-state index in [0.717, 1.165) is 0 Å². The van der Waals surface area contributed by atoms with Gasteiger partial charge in [0, 0.05) is 6.20 Å². The Hall–Kier alpha value is -1.62. The fraction of sp³-hybridized carbons (Fsp3) is 0.333. The second-order valence-corrected chi connectivity index (χ2v) is 3.01. The smallest absolute Gasteiger partial charge is 0.414 e. The summed E-state index contributed by atoms with van der Waals surface area (Å²) in [5, 5.41) is 8.83. The van der Waals surface area contributed by atoms with Gasteiger partial charge in [0.1, 0.15) is 6.10 Å². The molecule has 1 aliphatic rings. The number of aromatic nitrogens is 1. The SMILES string of the molecule is O=C1O[C@@H](CO)CN1c1cccnc1. The molecule has 1 fully saturated rings. The number of aliphatic hydroxyl groups is 1. The molecule has 0 aromatic carbocycles. The van der Waals surface area contributed by atoms with Crippen molar-refractivity contribution < 1.29 is 14.6 Å². The molecule has 1 amide bonds. The number of carbonyl (C=O) groups excluding carboxylic acids is 1. The van der Waals surface area contributed by atoms with Crippen LogP contribution in [0.5, 0.6) is 0 Å². The van der Waals surface area contributed by atoms with Crippen LogP contribution in [-0.4, -0.2) is 35.4 Å². The molecule has 1 aliphatic heterocycles. The van der Waals surface area contributed by atoms with Gasteiger partial charge in [-0.2, -0.15) is 0 Å². The summed E-state index contributed by atoms with van der Waals surface area (Å²) in [7, 11) is 0. The minimum atomic E-state index is -0.433. The molecule has 74 valence electrons. The molecule has 0 unspecified atom stereocenters. The molecule has 2 rings (SSSR count). The number of carbonyl (C=O) groups is 1. The van der Waals surface area contributed by atoms with Gasteiger partial charge in [-0.05, 0) is 12.1 Å². The normalized spacial score (nSPS) is 21.1. The van der Waals surface area contributed by atoms with Crippen molar-refractivity contribution in [3.63, 3.8) is 0 Å². The Morgan fingerprint density at radius 3 is 3.14 bits per heavy atom. The van der Waals surface area contributed by atoms with Gasteiger partial charge in [-0.1, -0.05) is 0 Å². The summed E-state index contributed by atoms with van der Waals surface area (Å²) in [5.41, 5.74) is 0.688. The molecule has 5 heteroatoms. The van der Waals surface area contributed by atoms with E-state index in [-0.39, 0.29) is 6.61 Å². The number of ether oxygens (including phenoxy) is 1. The summed E-state index contributed by atoms with van der Waals surface area (Å²) in [6.07, 6.45) is 2.36. The summed E-state index contributed by atoms with van der Waals surface area (Å²) in [5.74, 6) is 0. The van der Waals surface area contributed by atoms with E-state index in [1.807, 2.05) is 0 Å². The van der Waals surface area contributed by atoms with Gasteiger partial charge >= 0.3 is 6.09 Å². The number of anilines is 1. The average molecular weight is 194 g/mol. The lowest BCUT2D eigenvalue weighted by Crippen LogP contribution is -2.25. The summed E-state index contributed by atoms with van der Waals surface area (Å²) in [6, 6.07) is 3.52. The van der Waals surface area contributed by atoms with Crippen LogP contribution in [0.4, 0.5) is 10.5 Å². The van der Waals surface area contributed by atoms with E-state index in [0.29, 0.717) is 12.2 Å². The molecule has 0 radical (unpaired) electrons. The molecule has 5 nitrogen and oxygen atoms in total. The Morgan fingerprint density at radius 1 is 1.71 bits per heavy atom. The summed E-state index contributed by atoms with van der Waals surface area (Å²) in [4.78, 5) is 16.7. The van der Waals surface area contributed by atoms with Crippen molar-refractivity contribution in [2.24, 2.45) is 0 Å². The first-order valence-corrected chi connectivity index (χ1v) is 4.30. The number of pyridine rings is 1. The molecule has 1 aromatic rings. The fourth-order valence-corrected chi connectivity index (χ4v) is 1.34. The maximum atomic E-state index is 11.3. The molecular weight excluding hydrogens is 184 g/mol. The third-order valence-electron chi connectivity index (χ3n) is 2.04. The van der Waals surface area contributed by atoms with E-state index in [1.54, 1.807) is 24.5 Å². The van der Waals surface area contributed by atoms with Crippen molar-refractivity contribution in [3.05, 3.63) is 24.5 Å². The number of hydrogen-bond acceptors (Lipinski definition) is 4. The van der Waals surface area contributed by atoms with E-state index in [2.05, 4.69) is 4.98 Å². The molecule has 0 aliphatic carbocycles. The highest BCUT2D eigenvalue weighted by Gasteiger charge is 2.31. The minimum Gasteiger partial charge on any atom is -0.441 e. The average Bonchev–Trinajstić information content (AvgIpc) is 2.61. The molecule has 1 aromatic heterocycles. The van der Waals surface area contributed by atoms with Gasteiger partial charge < -0.3 is 9.84 Å². The summed E-state index contributed by atoms with van der Waals surface area (Å²) >= 11 is 0. The highest BCUT2D eigenvalue weighted by Crippen LogP contribution is 2.19. The van der Waals surface area contributed by atoms with Crippen LogP contribution in [0, 0.1) is 0 Å². The Bertz CT molecular complexity index is 328. The number of cyclic esters (lactones) is 1. The van der Waals surface area contributed by atoms with Gasteiger partial charge in [-0.3, -0.25) is 9.88 Å². The van der Waals surface area contributed by atoms with Crippen LogP contribution in [0.25, 0.3) is 0 Å². The van der Waals surface area contributed by atoms with Crippen LogP contribution in [0.1, 0.15) is 0 Å².